The van der Waals surface area contributed by atoms with Crippen molar-refractivity contribution in [1.82, 2.24) is 4.98 Å². The lowest BCUT2D eigenvalue weighted by Crippen LogP contribution is -1.99. The van der Waals surface area contributed by atoms with Crippen molar-refractivity contribution in [3.8, 4) is 11.5 Å². The average molecular weight is 274 g/mol. The number of aromatic nitrogens is 1. The molecule has 0 N–H and O–H groups in total. The van der Waals surface area contributed by atoms with Gasteiger partial charge in [0.15, 0.2) is 11.5 Å². The molecule has 0 radical (unpaired) electrons. The second kappa shape index (κ2) is 6.01. The van der Waals surface area contributed by atoms with Gasteiger partial charge in [0, 0.05) is 23.5 Å². The lowest BCUT2D eigenvalue weighted by molar-refractivity contribution is -0.385. The van der Waals surface area contributed by atoms with Gasteiger partial charge < -0.3 is 9.47 Å². The van der Waals surface area contributed by atoms with Crippen molar-refractivity contribution >= 4 is 5.69 Å². The molecule has 0 bridgehead atoms. The van der Waals surface area contributed by atoms with Gasteiger partial charge in [-0.3, -0.25) is 15.1 Å². The first kappa shape index (κ1) is 13.8. The molecule has 2 aromatic rings. The van der Waals surface area contributed by atoms with Crippen molar-refractivity contribution in [2.24, 2.45) is 0 Å². The third kappa shape index (κ3) is 3.23. The van der Waals surface area contributed by atoms with Gasteiger partial charge in [-0.2, -0.15) is 0 Å². The molecule has 20 heavy (non-hydrogen) atoms. The van der Waals surface area contributed by atoms with E-state index in [1.54, 1.807) is 6.20 Å². The van der Waals surface area contributed by atoms with Gasteiger partial charge in [0.25, 0.3) is 5.69 Å². The minimum Gasteiger partial charge on any atom is -0.493 e. The molecule has 1 aromatic carbocycles. The molecule has 2 rings (SSSR count). The molecule has 6 heteroatoms. The maximum absolute atomic E-state index is 10.7. The molecule has 0 amide bonds. The maximum Gasteiger partial charge on any atom is 0.273 e. The number of aryl methyl sites for hydroxylation is 1. The maximum atomic E-state index is 10.7. The van der Waals surface area contributed by atoms with Crippen LogP contribution in [0, 0.1) is 17.0 Å². The van der Waals surface area contributed by atoms with Crippen LogP contribution in [0.25, 0.3) is 0 Å². The summed E-state index contributed by atoms with van der Waals surface area (Å²) in [6.45, 7) is 2.23. The SMILES string of the molecule is COc1cc([N+](=O)[O-])ccc1OCc1ccc(C)nc1. The Labute approximate surface area is 116 Å². The molecule has 0 unspecified atom stereocenters. The number of nitro groups is 1. The normalized spacial score (nSPS) is 10.1. The number of non-ortho nitro benzene ring substituents is 1. The fraction of sp³-hybridized carbons (Fsp3) is 0.214. The van der Waals surface area contributed by atoms with Crippen LogP contribution in [0.15, 0.2) is 36.5 Å². The van der Waals surface area contributed by atoms with E-state index in [1.807, 2.05) is 19.1 Å². The third-order valence-corrected chi connectivity index (χ3v) is 2.72. The van der Waals surface area contributed by atoms with E-state index < -0.39 is 4.92 Å². The molecule has 0 atom stereocenters. The molecule has 1 aromatic heterocycles. The quantitative estimate of drug-likeness (QED) is 0.619. The van der Waals surface area contributed by atoms with Gasteiger partial charge in [-0.15, -0.1) is 0 Å². The molecule has 0 saturated carbocycles. The molecular weight excluding hydrogens is 260 g/mol. The summed E-state index contributed by atoms with van der Waals surface area (Å²) < 4.78 is 10.7. The van der Waals surface area contributed by atoms with Crippen LogP contribution in [-0.4, -0.2) is 17.0 Å². The van der Waals surface area contributed by atoms with Gasteiger partial charge >= 0.3 is 0 Å². The minimum atomic E-state index is -0.476. The largest absolute Gasteiger partial charge is 0.493 e. The van der Waals surface area contributed by atoms with Gasteiger partial charge in [0.05, 0.1) is 18.1 Å². The highest BCUT2D eigenvalue weighted by Crippen LogP contribution is 2.31. The molecule has 6 nitrogen and oxygen atoms in total. The van der Waals surface area contributed by atoms with Crippen LogP contribution in [0.1, 0.15) is 11.3 Å². The lowest BCUT2D eigenvalue weighted by Gasteiger charge is -2.10. The van der Waals surface area contributed by atoms with Crippen LogP contribution in [0.5, 0.6) is 11.5 Å². The molecule has 1 heterocycles. The van der Waals surface area contributed by atoms with Crippen molar-refractivity contribution in [2.75, 3.05) is 7.11 Å². The molecular formula is C14H14N2O4. The zero-order chi connectivity index (χ0) is 14.5. The molecule has 0 aliphatic carbocycles. The minimum absolute atomic E-state index is 0.0359. The number of rotatable bonds is 5. The van der Waals surface area contributed by atoms with E-state index in [1.165, 1.54) is 25.3 Å². The summed E-state index contributed by atoms with van der Waals surface area (Å²) in [5.74, 6) is 0.790. The van der Waals surface area contributed by atoms with Crippen LogP contribution < -0.4 is 9.47 Å². The van der Waals surface area contributed by atoms with Gasteiger partial charge in [0.2, 0.25) is 0 Å². The number of hydrogen-bond acceptors (Lipinski definition) is 5. The first-order valence-electron chi connectivity index (χ1n) is 5.97. The van der Waals surface area contributed by atoms with Crippen LogP contribution in [-0.2, 0) is 6.61 Å². The summed E-state index contributed by atoms with van der Waals surface area (Å²) >= 11 is 0. The zero-order valence-corrected chi connectivity index (χ0v) is 11.2. The Morgan fingerprint density at radius 1 is 1.25 bits per heavy atom. The Bertz CT molecular complexity index is 611. The summed E-state index contributed by atoms with van der Waals surface area (Å²) in [5, 5.41) is 10.7. The number of nitro benzene ring substituents is 1. The van der Waals surface area contributed by atoms with Gasteiger partial charge in [-0.05, 0) is 19.1 Å². The van der Waals surface area contributed by atoms with Crippen LogP contribution in [0.4, 0.5) is 5.69 Å². The second-order valence-corrected chi connectivity index (χ2v) is 4.19. The molecule has 0 saturated heterocycles. The van der Waals surface area contributed by atoms with E-state index in [2.05, 4.69) is 4.98 Å². The van der Waals surface area contributed by atoms with E-state index in [-0.39, 0.29) is 5.69 Å². The highest BCUT2D eigenvalue weighted by atomic mass is 16.6. The predicted octanol–water partition coefficient (Wildman–Crippen LogP) is 2.89. The lowest BCUT2D eigenvalue weighted by atomic mass is 10.2. The molecule has 0 spiro atoms. The number of methoxy groups -OCH3 is 1. The van der Waals surface area contributed by atoms with Gasteiger partial charge in [-0.1, -0.05) is 6.07 Å². The average Bonchev–Trinajstić information content (AvgIpc) is 2.46. The number of benzene rings is 1. The topological polar surface area (TPSA) is 74.5 Å². The fourth-order valence-corrected chi connectivity index (χ4v) is 1.63. The summed E-state index contributed by atoms with van der Waals surface area (Å²) in [6.07, 6.45) is 1.73. The second-order valence-electron chi connectivity index (χ2n) is 4.19. The van der Waals surface area contributed by atoms with E-state index in [0.717, 1.165) is 11.3 Å². The van der Waals surface area contributed by atoms with E-state index in [4.69, 9.17) is 9.47 Å². The van der Waals surface area contributed by atoms with Crippen molar-refractivity contribution in [2.45, 2.75) is 13.5 Å². The van der Waals surface area contributed by atoms with Crippen LogP contribution in [0.2, 0.25) is 0 Å². The summed E-state index contributed by atoms with van der Waals surface area (Å²) in [7, 11) is 1.44. The van der Waals surface area contributed by atoms with E-state index >= 15 is 0 Å². The van der Waals surface area contributed by atoms with Gasteiger partial charge in [-0.25, -0.2) is 0 Å². The highest BCUT2D eigenvalue weighted by molar-refractivity contribution is 5.48. The first-order valence-corrected chi connectivity index (χ1v) is 5.97. The summed E-state index contributed by atoms with van der Waals surface area (Å²) in [5.41, 5.74) is 1.81. The van der Waals surface area contributed by atoms with Crippen molar-refractivity contribution in [1.29, 1.82) is 0 Å². The van der Waals surface area contributed by atoms with Gasteiger partial charge in [0.1, 0.15) is 6.61 Å². The molecule has 104 valence electrons. The summed E-state index contributed by atoms with van der Waals surface area (Å²) in [4.78, 5) is 14.4. The molecule has 0 aliphatic heterocycles. The smallest absolute Gasteiger partial charge is 0.273 e. The monoisotopic (exact) mass is 274 g/mol. The fourth-order valence-electron chi connectivity index (χ4n) is 1.63. The summed E-state index contributed by atoms with van der Waals surface area (Å²) in [6, 6.07) is 8.05. The first-order chi connectivity index (χ1) is 9.60. The Balaban J connectivity index is 2.12. The number of pyridine rings is 1. The standard InChI is InChI=1S/C14H14N2O4/c1-10-3-4-11(8-15-10)9-20-13-6-5-12(16(17)18)7-14(13)19-2/h3-8H,9H2,1-2H3. The van der Waals surface area contributed by atoms with E-state index in [9.17, 15) is 10.1 Å². The number of nitrogens with zero attached hydrogens (tertiary/aromatic N) is 2. The zero-order valence-electron chi connectivity index (χ0n) is 11.2. The van der Waals surface area contributed by atoms with Crippen molar-refractivity contribution in [3.05, 3.63) is 57.9 Å². The van der Waals surface area contributed by atoms with E-state index in [0.29, 0.717) is 18.1 Å². The third-order valence-electron chi connectivity index (χ3n) is 2.72. The van der Waals surface area contributed by atoms with Crippen molar-refractivity contribution < 1.29 is 14.4 Å². The number of ether oxygens (including phenoxy) is 2. The molecule has 0 aliphatic rings. The number of hydrogen-bond donors (Lipinski definition) is 0. The Morgan fingerprint density at radius 3 is 2.65 bits per heavy atom. The van der Waals surface area contributed by atoms with Crippen LogP contribution in [0.3, 0.4) is 0 Å². The highest BCUT2D eigenvalue weighted by Gasteiger charge is 2.12. The Kier molecular flexibility index (Phi) is 4.14. The Morgan fingerprint density at radius 2 is 2.05 bits per heavy atom. The Hall–Kier alpha value is -2.63. The van der Waals surface area contributed by atoms with Crippen molar-refractivity contribution in [3.63, 3.8) is 0 Å². The molecule has 0 fully saturated rings. The predicted molar refractivity (Wildman–Crippen MR) is 73.0 cm³/mol. The van der Waals surface area contributed by atoms with Crippen LogP contribution >= 0.6 is 0 Å².